The number of nitrogens with zero attached hydrogens (tertiary/aromatic N) is 1. The molecule has 1 amide bonds. The molecule has 0 fully saturated rings. The minimum Gasteiger partial charge on any atom is -0.359 e. The van der Waals surface area contributed by atoms with Crippen LogP contribution in [0, 0.1) is 0 Å². The van der Waals surface area contributed by atoms with Gasteiger partial charge in [0.1, 0.15) is 0 Å². The number of hydrogen-bond acceptors (Lipinski definition) is 3. The number of benzene rings is 1. The zero-order chi connectivity index (χ0) is 11.4. The molecule has 5 heteroatoms. The minimum absolute atomic E-state index is 0.0172. The summed E-state index contributed by atoms with van der Waals surface area (Å²) in [7, 11) is 1.63. The molecule has 0 aliphatic rings. The lowest BCUT2D eigenvalue weighted by atomic mass is 10.3. The standard InChI is InChI=1S/C11H14N4O/c1-12-10(16)6-7-13-11-14-8-4-2-3-5-9(8)15-11/h2-5H,6-7H2,1H3,(H,12,16)(H2,13,14,15). The van der Waals surface area contributed by atoms with Gasteiger partial charge in [0.2, 0.25) is 11.9 Å². The number of imidazole rings is 1. The van der Waals surface area contributed by atoms with Crippen molar-refractivity contribution in [1.82, 2.24) is 15.3 Å². The number of amides is 1. The third kappa shape index (κ3) is 2.31. The van der Waals surface area contributed by atoms with Crippen LogP contribution in [0.2, 0.25) is 0 Å². The predicted molar refractivity (Wildman–Crippen MR) is 63.3 cm³/mol. The molecule has 0 bridgehead atoms. The highest BCUT2D eigenvalue weighted by molar-refractivity contribution is 5.78. The molecule has 0 aliphatic heterocycles. The summed E-state index contributed by atoms with van der Waals surface area (Å²) in [5.41, 5.74) is 1.91. The van der Waals surface area contributed by atoms with E-state index in [0.717, 1.165) is 11.0 Å². The van der Waals surface area contributed by atoms with Crippen molar-refractivity contribution in [2.24, 2.45) is 0 Å². The van der Waals surface area contributed by atoms with Gasteiger partial charge in [-0.3, -0.25) is 4.79 Å². The van der Waals surface area contributed by atoms with E-state index in [4.69, 9.17) is 0 Å². The number of carbonyl (C=O) groups is 1. The van der Waals surface area contributed by atoms with Gasteiger partial charge < -0.3 is 15.6 Å². The third-order valence-corrected chi connectivity index (χ3v) is 2.31. The number of anilines is 1. The average molecular weight is 218 g/mol. The monoisotopic (exact) mass is 218 g/mol. The number of carbonyl (C=O) groups excluding carboxylic acids is 1. The Morgan fingerprint density at radius 2 is 2.25 bits per heavy atom. The van der Waals surface area contributed by atoms with Gasteiger partial charge in [0, 0.05) is 20.0 Å². The van der Waals surface area contributed by atoms with Crippen molar-refractivity contribution in [2.45, 2.75) is 6.42 Å². The maximum absolute atomic E-state index is 11.0. The van der Waals surface area contributed by atoms with E-state index in [1.165, 1.54) is 0 Å². The van der Waals surface area contributed by atoms with Gasteiger partial charge in [-0.1, -0.05) is 12.1 Å². The van der Waals surface area contributed by atoms with E-state index in [1.807, 2.05) is 24.3 Å². The van der Waals surface area contributed by atoms with Crippen LogP contribution in [0.15, 0.2) is 24.3 Å². The van der Waals surface area contributed by atoms with Crippen LogP contribution in [-0.4, -0.2) is 29.5 Å². The largest absolute Gasteiger partial charge is 0.359 e. The lowest BCUT2D eigenvalue weighted by Crippen LogP contribution is -2.21. The van der Waals surface area contributed by atoms with Crippen LogP contribution >= 0.6 is 0 Å². The SMILES string of the molecule is CNC(=O)CCNc1nc2ccccc2[nH]1. The van der Waals surface area contributed by atoms with Crippen molar-refractivity contribution >= 4 is 22.9 Å². The lowest BCUT2D eigenvalue weighted by Gasteiger charge is -2.01. The third-order valence-electron chi connectivity index (χ3n) is 2.31. The first-order valence-corrected chi connectivity index (χ1v) is 5.19. The van der Waals surface area contributed by atoms with Crippen molar-refractivity contribution in [3.05, 3.63) is 24.3 Å². The Morgan fingerprint density at radius 1 is 1.44 bits per heavy atom. The summed E-state index contributed by atoms with van der Waals surface area (Å²) >= 11 is 0. The highest BCUT2D eigenvalue weighted by Gasteiger charge is 2.01. The second kappa shape index (κ2) is 4.65. The number of fused-ring (bicyclic) bond motifs is 1. The quantitative estimate of drug-likeness (QED) is 0.720. The van der Waals surface area contributed by atoms with Gasteiger partial charge >= 0.3 is 0 Å². The maximum Gasteiger partial charge on any atom is 0.221 e. The van der Waals surface area contributed by atoms with E-state index in [1.54, 1.807) is 7.05 Å². The smallest absolute Gasteiger partial charge is 0.221 e. The van der Waals surface area contributed by atoms with Gasteiger partial charge in [0.05, 0.1) is 11.0 Å². The number of aromatic amines is 1. The topological polar surface area (TPSA) is 69.8 Å². The Balaban J connectivity index is 1.97. The number of H-pyrrole nitrogens is 1. The maximum atomic E-state index is 11.0. The molecule has 0 saturated carbocycles. The molecule has 0 radical (unpaired) electrons. The predicted octanol–water partition coefficient (Wildman–Crippen LogP) is 1.11. The second-order valence-corrected chi connectivity index (χ2v) is 3.45. The Morgan fingerprint density at radius 3 is 3.00 bits per heavy atom. The van der Waals surface area contributed by atoms with Crippen LogP contribution in [0.1, 0.15) is 6.42 Å². The lowest BCUT2D eigenvalue weighted by molar-refractivity contribution is -0.120. The second-order valence-electron chi connectivity index (χ2n) is 3.45. The molecule has 2 aromatic rings. The van der Waals surface area contributed by atoms with E-state index < -0.39 is 0 Å². The van der Waals surface area contributed by atoms with Crippen molar-refractivity contribution in [1.29, 1.82) is 0 Å². The Bertz CT molecular complexity index is 458. The van der Waals surface area contributed by atoms with Crippen LogP contribution in [0.25, 0.3) is 11.0 Å². The van der Waals surface area contributed by atoms with Gasteiger partial charge in [0.25, 0.3) is 0 Å². The summed E-state index contributed by atoms with van der Waals surface area (Å²) in [6, 6.07) is 7.80. The summed E-state index contributed by atoms with van der Waals surface area (Å²) < 4.78 is 0. The Labute approximate surface area is 93.3 Å². The molecular formula is C11H14N4O. The fraction of sp³-hybridized carbons (Fsp3) is 0.273. The van der Waals surface area contributed by atoms with Crippen LogP contribution in [0.5, 0.6) is 0 Å². The summed E-state index contributed by atoms with van der Waals surface area (Å²) in [4.78, 5) is 18.5. The molecule has 0 unspecified atom stereocenters. The molecule has 16 heavy (non-hydrogen) atoms. The summed E-state index contributed by atoms with van der Waals surface area (Å²) in [5.74, 6) is 0.716. The highest BCUT2D eigenvalue weighted by atomic mass is 16.1. The highest BCUT2D eigenvalue weighted by Crippen LogP contribution is 2.12. The molecule has 1 aromatic carbocycles. The van der Waals surface area contributed by atoms with Crippen LogP contribution in [-0.2, 0) is 4.79 Å². The van der Waals surface area contributed by atoms with Crippen LogP contribution < -0.4 is 10.6 Å². The summed E-state index contributed by atoms with van der Waals surface area (Å²) in [5, 5.41) is 5.64. The van der Waals surface area contributed by atoms with Gasteiger partial charge in [0.15, 0.2) is 0 Å². The minimum atomic E-state index is 0.0172. The molecule has 1 aromatic heterocycles. The average Bonchev–Trinajstić information content (AvgIpc) is 2.71. The Kier molecular flexibility index (Phi) is 3.05. The zero-order valence-corrected chi connectivity index (χ0v) is 9.08. The van der Waals surface area contributed by atoms with E-state index in [2.05, 4.69) is 20.6 Å². The van der Waals surface area contributed by atoms with Crippen molar-refractivity contribution in [3.63, 3.8) is 0 Å². The van der Waals surface area contributed by atoms with Crippen molar-refractivity contribution in [3.8, 4) is 0 Å². The van der Waals surface area contributed by atoms with Gasteiger partial charge in [-0.25, -0.2) is 4.98 Å². The number of rotatable bonds is 4. The molecule has 5 nitrogen and oxygen atoms in total. The number of nitrogens with one attached hydrogen (secondary N) is 3. The first-order valence-electron chi connectivity index (χ1n) is 5.19. The van der Waals surface area contributed by atoms with Crippen LogP contribution in [0.4, 0.5) is 5.95 Å². The number of aromatic nitrogens is 2. The fourth-order valence-corrected chi connectivity index (χ4v) is 1.46. The molecule has 0 saturated heterocycles. The van der Waals surface area contributed by atoms with E-state index in [-0.39, 0.29) is 5.91 Å². The zero-order valence-electron chi connectivity index (χ0n) is 9.08. The van der Waals surface area contributed by atoms with Gasteiger partial charge in [-0.05, 0) is 12.1 Å². The molecular weight excluding hydrogens is 204 g/mol. The van der Waals surface area contributed by atoms with E-state index >= 15 is 0 Å². The number of para-hydroxylation sites is 2. The molecule has 0 atom stereocenters. The van der Waals surface area contributed by atoms with E-state index in [0.29, 0.717) is 18.9 Å². The molecule has 84 valence electrons. The van der Waals surface area contributed by atoms with Gasteiger partial charge in [-0.15, -0.1) is 0 Å². The van der Waals surface area contributed by atoms with Crippen LogP contribution in [0.3, 0.4) is 0 Å². The summed E-state index contributed by atoms with van der Waals surface area (Å²) in [6.45, 7) is 0.569. The van der Waals surface area contributed by atoms with Crippen molar-refractivity contribution < 1.29 is 4.79 Å². The normalized spacial score (nSPS) is 10.3. The number of hydrogen-bond donors (Lipinski definition) is 3. The Hall–Kier alpha value is -2.04. The van der Waals surface area contributed by atoms with Crippen molar-refractivity contribution in [2.75, 3.05) is 18.9 Å². The molecule has 1 heterocycles. The molecule has 3 N–H and O–H groups in total. The summed E-state index contributed by atoms with van der Waals surface area (Å²) in [6.07, 6.45) is 0.438. The van der Waals surface area contributed by atoms with E-state index in [9.17, 15) is 4.79 Å². The molecule has 0 spiro atoms. The van der Waals surface area contributed by atoms with Gasteiger partial charge in [-0.2, -0.15) is 0 Å². The fourth-order valence-electron chi connectivity index (χ4n) is 1.46. The molecule has 0 aliphatic carbocycles. The molecule has 2 rings (SSSR count). The first-order chi connectivity index (χ1) is 7.79. The first kappa shape index (κ1) is 10.5.